The lowest BCUT2D eigenvalue weighted by Crippen LogP contribution is -2.75. The molecule has 0 aliphatic heterocycles. The van der Waals surface area contributed by atoms with Crippen LogP contribution in [0.2, 0.25) is 0 Å². The van der Waals surface area contributed by atoms with Crippen LogP contribution in [-0.2, 0) is 9.53 Å². The minimum Gasteiger partial charge on any atom is -0.457 e. The maximum absolute atomic E-state index is 13.0. The van der Waals surface area contributed by atoms with E-state index in [1.807, 2.05) is 6.92 Å². The number of esters is 1. The molecule has 1 rings (SSSR count). The van der Waals surface area contributed by atoms with Crippen LogP contribution < -0.4 is 16.8 Å². The Labute approximate surface area is 135 Å². The van der Waals surface area contributed by atoms with Gasteiger partial charge >= 0.3 is 5.97 Å². The van der Waals surface area contributed by atoms with Crippen molar-refractivity contribution in [3.05, 3.63) is 0 Å². The Kier molecular flexibility index (Phi) is 5.69. The van der Waals surface area contributed by atoms with Gasteiger partial charge in [0, 0.05) is 5.41 Å². The van der Waals surface area contributed by atoms with Crippen molar-refractivity contribution < 1.29 is 9.53 Å². The fourth-order valence-corrected chi connectivity index (χ4v) is 3.34. The Morgan fingerprint density at radius 2 is 1.64 bits per heavy atom. The minimum absolute atomic E-state index is 0.123. The van der Waals surface area contributed by atoms with E-state index in [4.69, 9.17) is 16.2 Å². The summed E-state index contributed by atoms with van der Waals surface area (Å²) in [6.07, 6.45) is 5.56. The van der Waals surface area contributed by atoms with E-state index >= 15 is 0 Å². The summed E-state index contributed by atoms with van der Waals surface area (Å²) >= 11 is 0. The third kappa shape index (κ3) is 3.31. The summed E-state index contributed by atoms with van der Waals surface area (Å²) in [5.74, 6) is -0.397. The second-order valence-corrected chi connectivity index (χ2v) is 7.97. The zero-order valence-electron chi connectivity index (χ0n) is 15.2. The van der Waals surface area contributed by atoms with Gasteiger partial charge in [-0.1, -0.05) is 34.1 Å². The van der Waals surface area contributed by atoms with Crippen LogP contribution >= 0.6 is 0 Å². The van der Waals surface area contributed by atoms with Gasteiger partial charge in [0.05, 0.1) is 5.66 Å². The SMILES string of the molecule is CCC(N)(C(=O)OC1(C(C)(C)C)CCCCC1)C(C)(N)NC. The van der Waals surface area contributed by atoms with Gasteiger partial charge in [-0.25, -0.2) is 4.79 Å². The number of likely N-dealkylation sites (N-methyl/N-ethyl adjacent to an activating group) is 1. The Morgan fingerprint density at radius 3 is 2.00 bits per heavy atom. The van der Waals surface area contributed by atoms with Crippen molar-refractivity contribution >= 4 is 5.97 Å². The summed E-state index contributed by atoms with van der Waals surface area (Å²) in [7, 11) is 1.71. The third-order valence-electron chi connectivity index (χ3n) is 5.68. The van der Waals surface area contributed by atoms with E-state index in [2.05, 4.69) is 26.1 Å². The van der Waals surface area contributed by atoms with E-state index in [1.165, 1.54) is 6.42 Å². The Bertz CT molecular complexity index is 395. The first-order valence-electron chi connectivity index (χ1n) is 8.46. The summed E-state index contributed by atoms with van der Waals surface area (Å²) in [6.45, 7) is 10.0. The highest BCUT2D eigenvalue weighted by Crippen LogP contribution is 2.45. The molecule has 0 heterocycles. The number of rotatable bonds is 5. The molecule has 1 fully saturated rings. The molecule has 5 heteroatoms. The zero-order chi connectivity index (χ0) is 17.2. The average molecular weight is 313 g/mol. The van der Waals surface area contributed by atoms with E-state index in [1.54, 1.807) is 14.0 Å². The molecule has 0 radical (unpaired) electrons. The molecular formula is C17H35N3O2. The maximum Gasteiger partial charge on any atom is 0.330 e. The molecule has 0 spiro atoms. The number of carbonyl (C=O) groups is 1. The van der Waals surface area contributed by atoms with Crippen LogP contribution in [0.1, 0.15) is 73.1 Å². The molecule has 1 saturated carbocycles. The molecule has 5 N–H and O–H groups in total. The second kappa shape index (κ2) is 6.46. The topological polar surface area (TPSA) is 90.4 Å². The Balaban J connectivity index is 3.10. The third-order valence-corrected chi connectivity index (χ3v) is 5.68. The fraction of sp³-hybridized carbons (Fsp3) is 0.941. The summed E-state index contributed by atoms with van der Waals surface area (Å²) in [5, 5.41) is 2.95. The van der Waals surface area contributed by atoms with Crippen molar-refractivity contribution in [1.82, 2.24) is 5.32 Å². The summed E-state index contributed by atoms with van der Waals surface area (Å²) in [5.41, 5.74) is 9.76. The van der Waals surface area contributed by atoms with Crippen molar-refractivity contribution in [3.63, 3.8) is 0 Å². The number of ether oxygens (including phenoxy) is 1. The van der Waals surface area contributed by atoms with Crippen molar-refractivity contribution in [2.45, 2.75) is 89.9 Å². The fourth-order valence-electron chi connectivity index (χ4n) is 3.34. The number of nitrogens with two attached hydrogens (primary N) is 2. The molecular weight excluding hydrogens is 278 g/mol. The van der Waals surface area contributed by atoms with Gasteiger partial charge in [-0.3, -0.25) is 0 Å². The highest BCUT2D eigenvalue weighted by Gasteiger charge is 2.53. The van der Waals surface area contributed by atoms with Crippen molar-refractivity contribution in [3.8, 4) is 0 Å². The molecule has 0 aromatic heterocycles. The Hall–Kier alpha value is -0.650. The summed E-state index contributed by atoms with van der Waals surface area (Å²) < 4.78 is 6.10. The van der Waals surface area contributed by atoms with Gasteiger partial charge in [0.25, 0.3) is 0 Å². The summed E-state index contributed by atoms with van der Waals surface area (Å²) in [4.78, 5) is 13.0. The van der Waals surface area contributed by atoms with Crippen LogP contribution in [0.5, 0.6) is 0 Å². The van der Waals surface area contributed by atoms with Gasteiger partial charge in [-0.2, -0.15) is 0 Å². The minimum atomic E-state index is -1.25. The van der Waals surface area contributed by atoms with Gasteiger partial charge in [-0.05, 0) is 46.1 Å². The van der Waals surface area contributed by atoms with Crippen LogP contribution in [0.15, 0.2) is 0 Å². The predicted octanol–water partition coefficient (Wildman–Crippen LogP) is 2.28. The normalized spacial score (nSPS) is 24.2. The zero-order valence-corrected chi connectivity index (χ0v) is 15.2. The lowest BCUT2D eigenvalue weighted by atomic mass is 9.68. The molecule has 0 saturated heterocycles. The molecule has 0 aromatic carbocycles. The van der Waals surface area contributed by atoms with Crippen LogP contribution in [0.25, 0.3) is 0 Å². The van der Waals surface area contributed by atoms with Gasteiger partial charge in [0.2, 0.25) is 0 Å². The molecule has 1 aliphatic carbocycles. The number of hydrogen-bond acceptors (Lipinski definition) is 5. The van der Waals surface area contributed by atoms with Crippen LogP contribution in [0, 0.1) is 5.41 Å². The smallest absolute Gasteiger partial charge is 0.330 e. The first-order chi connectivity index (χ1) is 9.96. The summed E-state index contributed by atoms with van der Waals surface area (Å²) in [6, 6.07) is 0. The Morgan fingerprint density at radius 1 is 1.14 bits per heavy atom. The van der Waals surface area contributed by atoms with Crippen LogP contribution in [0.4, 0.5) is 0 Å². The van der Waals surface area contributed by atoms with E-state index in [-0.39, 0.29) is 5.41 Å². The average Bonchev–Trinajstić information content (AvgIpc) is 2.45. The molecule has 5 nitrogen and oxygen atoms in total. The lowest BCUT2D eigenvalue weighted by Gasteiger charge is -2.49. The quantitative estimate of drug-likeness (QED) is 0.535. The number of nitrogens with one attached hydrogen (secondary N) is 1. The van der Waals surface area contributed by atoms with Crippen LogP contribution in [0.3, 0.4) is 0 Å². The standard InChI is InChI=1S/C17H35N3O2/c1-7-17(19,15(5,18)20-6)13(21)22-16(14(2,3)4)11-9-8-10-12-16/h20H,7-12,18-19H2,1-6H3. The monoisotopic (exact) mass is 313 g/mol. The molecule has 22 heavy (non-hydrogen) atoms. The van der Waals surface area contributed by atoms with E-state index in [0.717, 1.165) is 25.7 Å². The molecule has 130 valence electrons. The van der Waals surface area contributed by atoms with Crippen molar-refractivity contribution in [2.75, 3.05) is 7.05 Å². The van der Waals surface area contributed by atoms with Gasteiger partial charge in [0.15, 0.2) is 0 Å². The van der Waals surface area contributed by atoms with Gasteiger partial charge < -0.3 is 21.5 Å². The van der Waals surface area contributed by atoms with Crippen LogP contribution in [-0.4, -0.2) is 29.8 Å². The van der Waals surface area contributed by atoms with Gasteiger partial charge in [-0.15, -0.1) is 0 Å². The van der Waals surface area contributed by atoms with E-state index < -0.39 is 22.8 Å². The first kappa shape index (κ1) is 19.4. The largest absolute Gasteiger partial charge is 0.457 e. The molecule has 2 atom stereocenters. The number of carbonyl (C=O) groups excluding carboxylic acids is 1. The predicted molar refractivity (Wildman–Crippen MR) is 90.2 cm³/mol. The highest BCUT2D eigenvalue weighted by atomic mass is 16.6. The van der Waals surface area contributed by atoms with Crippen molar-refractivity contribution in [2.24, 2.45) is 16.9 Å². The molecule has 0 amide bonds. The van der Waals surface area contributed by atoms with Crippen molar-refractivity contribution in [1.29, 1.82) is 0 Å². The first-order valence-corrected chi connectivity index (χ1v) is 8.46. The number of hydrogen-bond donors (Lipinski definition) is 3. The van der Waals surface area contributed by atoms with Gasteiger partial charge in [0.1, 0.15) is 11.1 Å². The molecule has 2 unspecified atom stereocenters. The molecule has 0 aromatic rings. The molecule has 0 bridgehead atoms. The second-order valence-electron chi connectivity index (χ2n) is 7.97. The molecule has 1 aliphatic rings. The van der Waals surface area contributed by atoms with E-state index in [0.29, 0.717) is 6.42 Å². The van der Waals surface area contributed by atoms with E-state index in [9.17, 15) is 4.79 Å². The maximum atomic E-state index is 13.0. The highest BCUT2D eigenvalue weighted by molar-refractivity contribution is 5.83. The lowest BCUT2D eigenvalue weighted by molar-refractivity contribution is -0.189.